The van der Waals surface area contributed by atoms with Gasteiger partial charge in [0.05, 0.1) is 5.56 Å². The molecule has 30 heavy (non-hydrogen) atoms. The normalized spacial score (nSPS) is 11.9. The van der Waals surface area contributed by atoms with Crippen LogP contribution >= 0.6 is 0 Å². The third kappa shape index (κ3) is 4.73. The van der Waals surface area contributed by atoms with Gasteiger partial charge in [0, 0.05) is 25.9 Å². The summed E-state index contributed by atoms with van der Waals surface area (Å²) < 4.78 is 5.18. The summed E-state index contributed by atoms with van der Waals surface area (Å²) in [5, 5.41) is 3.78. The van der Waals surface area contributed by atoms with Crippen molar-refractivity contribution >= 4 is 23.3 Å². The lowest BCUT2D eigenvalue weighted by Crippen LogP contribution is -2.22. The van der Waals surface area contributed by atoms with E-state index in [0.29, 0.717) is 17.1 Å². The minimum atomic E-state index is -0.140. The number of rotatable bonds is 6. The molecule has 0 spiro atoms. The number of carbonyl (C=O) groups excluding carboxylic acids is 1. The molecule has 0 aliphatic carbocycles. The second-order valence-electron chi connectivity index (χ2n) is 6.19. The maximum Gasteiger partial charge on any atom is 0.259 e. The first-order chi connectivity index (χ1) is 14.3. The van der Waals surface area contributed by atoms with E-state index < -0.39 is 0 Å². The summed E-state index contributed by atoms with van der Waals surface area (Å²) in [6.07, 6.45) is 1.46. The average Bonchev–Trinajstić information content (AvgIpc) is 3.24. The van der Waals surface area contributed by atoms with E-state index in [-0.39, 0.29) is 29.3 Å². The molecule has 0 fully saturated rings. The quantitative estimate of drug-likeness (QED) is 0.360. The Morgan fingerprint density at radius 2 is 1.87 bits per heavy atom. The highest BCUT2D eigenvalue weighted by Crippen LogP contribution is 2.17. The number of para-hydroxylation sites is 1. The second-order valence-corrected chi connectivity index (χ2v) is 6.19. The van der Waals surface area contributed by atoms with Crippen LogP contribution in [0.2, 0.25) is 0 Å². The van der Waals surface area contributed by atoms with Crippen molar-refractivity contribution in [3.63, 3.8) is 0 Å². The lowest BCUT2D eigenvalue weighted by Gasteiger charge is -2.18. The Kier molecular flexibility index (Phi) is 5.97. The Morgan fingerprint density at radius 3 is 2.50 bits per heavy atom. The van der Waals surface area contributed by atoms with E-state index >= 15 is 0 Å². The highest BCUT2D eigenvalue weighted by Gasteiger charge is 2.13. The molecule has 0 atom stereocenters. The fourth-order valence-corrected chi connectivity index (χ4v) is 2.38. The molecule has 1 aromatic carbocycles. The van der Waals surface area contributed by atoms with E-state index in [1.54, 1.807) is 24.1 Å². The van der Waals surface area contributed by atoms with Crippen molar-refractivity contribution in [1.29, 1.82) is 0 Å². The number of carbonyl (C=O) groups is 1. The van der Waals surface area contributed by atoms with Crippen LogP contribution in [0.5, 0.6) is 0 Å². The molecule has 0 bridgehead atoms. The van der Waals surface area contributed by atoms with E-state index in [1.807, 2.05) is 30.3 Å². The summed E-state index contributed by atoms with van der Waals surface area (Å²) >= 11 is 0. The van der Waals surface area contributed by atoms with E-state index in [2.05, 4.69) is 31.7 Å². The lowest BCUT2D eigenvalue weighted by atomic mass is 10.2. The van der Waals surface area contributed by atoms with Crippen LogP contribution < -0.4 is 16.4 Å². The number of nitrogens with zero attached hydrogens (tertiary/aromatic N) is 6. The number of benzene rings is 1. The lowest BCUT2D eigenvalue weighted by molar-refractivity contribution is 0.101. The number of ketones is 1. The van der Waals surface area contributed by atoms with Crippen molar-refractivity contribution in [2.24, 2.45) is 21.5 Å². The van der Waals surface area contributed by atoms with Crippen LogP contribution in [-0.2, 0) is 0 Å². The Balaban J connectivity index is 1.74. The van der Waals surface area contributed by atoms with E-state index in [1.165, 1.54) is 13.1 Å². The number of hydrogen-bond acceptors (Lipinski definition) is 7. The molecule has 3 rings (SSSR count). The van der Waals surface area contributed by atoms with Crippen molar-refractivity contribution in [3.8, 4) is 11.5 Å². The van der Waals surface area contributed by atoms with Gasteiger partial charge in [-0.15, -0.1) is 0 Å². The number of guanidine groups is 1. The minimum Gasteiger partial charge on any atom is -0.380 e. The van der Waals surface area contributed by atoms with Gasteiger partial charge in [-0.05, 0) is 24.3 Å². The fourth-order valence-electron chi connectivity index (χ4n) is 2.38. The van der Waals surface area contributed by atoms with Crippen molar-refractivity contribution in [2.75, 3.05) is 11.9 Å². The summed E-state index contributed by atoms with van der Waals surface area (Å²) in [6, 6.07) is 12.8. The van der Waals surface area contributed by atoms with E-state index in [0.717, 1.165) is 5.69 Å². The predicted octanol–water partition coefficient (Wildman–Crippen LogP) is 1.96. The smallest absolute Gasteiger partial charge is 0.259 e. The van der Waals surface area contributed by atoms with Crippen molar-refractivity contribution in [1.82, 2.24) is 15.1 Å². The number of Topliss-reactive ketones (excluding diaryl/α,β-unsaturated/α-hetero) is 1. The monoisotopic (exact) mass is 404 g/mol. The molecular weight excluding hydrogens is 384 g/mol. The van der Waals surface area contributed by atoms with Gasteiger partial charge >= 0.3 is 0 Å². The van der Waals surface area contributed by atoms with Crippen molar-refractivity contribution in [3.05, 3.63) is 72.6 Å². The summed E-state index contributed by atoms with van der Waals surface area (Å²) in [5.41, 5.74) is 13.5. The van der Waals surface area contributed by atoms with Gasteiger partial charge < -0.3 is 20.9 Å². The summed E-state index contributed by atoms with van der Waals surface area (Å²) in [7, 11) is 1.80. The Bertz CT molecular complexity index is 1120. The number of amidine groups is 1. The van der Waals surface area contributed by atoms with Crippen LogP contribution in [0.25, 0.3) is 11.5 Å². The molecule has 0 radical (unpaired) electrons. The molecular formula is C20H20N8O2. The van der Waals surface area contributed by atoms with Gasteiger partial charge in [0.1, 0.15) is 11.5 Å². The van der Waals surface area contributed by atoms with Crippen LogP contribution in [-0.4, -0.2) is 39.8 Å². The molecule has 152 valence electrons. The maximum absolute atomic E-state index is 11.3. The SMILES string of the molecule is C=C(/N=C(N)\N=C(/N)c1noc(-c2ccc(C(C)=O)nc2)n1)N(C)c1ccccc1. The predicted molar refractivity (Wildman–Crippen MR) is 114 cm³/mol. The van der Waals surface area contributed by atoms with Gasteiger partial charge in [0.25, 0.3) is 5.89 Å². The first-order valence-electron chi connectivity index (χ1n) is 8.82. The van der Waals surface area contributed by atoms with Crippen LogP contribution in [0.1, 0.15) is 23.2 Å². The molecule has 2 aromatic heterocycles. The average molecular weight is 404 g/mol. The number of aromatic nitrogens is 3. The fraction of sp³-hybridized carbons (Fsp3) is 0.100. The molecule has 3 aromatic rings. The van der Waals surface area contributed by atoms with Gasteiger partial charge in [-0.25, -0.2) is 0 Å². The summed E-state index contributed by atoms with van der Waals surface area (Å²) in [4.78, 5) is 29.4. The van der Waals surface area contributed by atoms with Crippen molar-refractivity contribution in [2.45, 2.75) is 6.92 Å². The molecule has 0 amide bonds. The molecule has 2 heterocycles. The molecule has 0 aliphatic heterocycles. The van der Waals surface area contributed by atoms with Crippen LogP contribution in [0.15, 0.2) is 75.6 Å². The van der Waals surface area contributed by atoms with Crippen molar-refractivity contribution < 1.29 is 9.32 Å². The minimum absolute atomic E-state index is 0.0424. The zero-order valence-corrected chi connectivity index (χ0v) is 16.5. The third-order valence-corrected chi connectivity index (χ3v) is 4.04. The van der Waals surface area contributed by atoms with E-state index in [9.17, 15) is 4.79 Å². The number of nitrogens with two attached hydrogens (primary N) is 2. The zero-order chi connectivity index (χ0) is 21.7. The van der Waals surface area contributed by atoms with Gasteiger partial charge in [0.2, 0.25) is 11.8 Å². The van der Waals surface area contributed by atoms with Crippen LogP contribution in [0, 0.1) is 0 Å². The number of aliphatic imine (C=N–C) groups is 2. The van der Waals surface area contributed by atoms with E-state index in [4.69, 9.17) is 16.0 Å². The molecule has 10 heteroatoms. The maximum atomic E-state index is 11.3. The molecule has 0 unspecified atom stereocenters. The second kappa shape index (κ2) is 8.78. The third-order valence-electron chi connectivity index (χ3n) is 4.04. The largest absolute Gasteiger partial charge is 0.380 e. The summed E-state index contributed by atoms with van der Waals surface area (Å²) in [5.74, 6) is 0.267. The van der Waals surface area contributed by atoms with Crippen LogP contribution in [0.4, 0.5) is 5.69 Å². The zero-order valence-electron chi connectivity index (χ0n) is 16.5. The molecule has 4 N–H and O–H groups in total. The summed E-state index contributed by atoms with van der Waals surface area (Å²) in [6.45, 7) is 5.31. The highest BCUT2D eigenvalue weighted by molar-refractivity contribution is 6.02. The number of hydrogen-bond donors (Lipinski definition) is 2. The number of anilines is 1. The van der Waals surface area contributed by atoms with Crippen LogP contribution in [0.3, 0.4) is 0 Å². The Hall–Kier alpha value is -4.34. The van der Waals surface area contributed by atoms with Gasteiger partial charge in [-0.2, -0.15) is 15.0 Å². The molecule has 0 saturated carbocycles. The standard InChI is InChI=1S/C20H20N8O2/c1-12(29)16-10-9-14(11-23-16)19-26-18(27-30-19)17(21)25-20(22)24-13(2)28(3)15-7-5-4-6-8-15/h4-11H,2H2,1,3H3,(H4,21,22,24,25). The number of pyridine rings is 1. The van der Waals surface area contributed by atoms with Gasteiger partial charge in [-0.3, -0.25) is 9.78 Å². The van der Waals surface area contributed by atoms with Gasteiger partial charge in [-0.1, -0.05) is 29.9 Å². The molecule has 0 aliphatic rings. The van der Waals surface area contributed by atoms with Gasteiger partial charge in [0.15, 0.2) is 11.6 Å². The highest BCUT2D eigenvalue weighted by atomic mass is 16.5. The first kappa shape index (κ1) is 20.4. The Labute approximate surface area is 172 Å². The Morgan fingerprint density at radius 1 is 1.13 bits per heavy atom. The first-order valence-corrected chi connectivity index (χ1v) is 8.82. The molecule has 0 saturated heterocycles. The topological polar surface area (TPSA) is 149 Å². The molecule has 10 nitrogen and oxygen atoms in total.